The van der Waals surface area contributed by atoms with Gasteiger partial charge in [0.15, 0.2) is 0 Å². The van der Waals surface area contributed by atoms with E-state index in [0.29, 0.717) is 5.56 Å². The lowest BCUT2D eigenvalue weighted by atomic mass is 10.1. The fraction of sp³-hybridized carbons (Fsp3) is 0.333. The molecule has 0 saturated carbocycles. The summed E-state index contributed by atoms with van der Waals surface area (Å²) in [6.07, 6.45) is 0.962. The highest BCUT2D eigenvalue weighted by molar-refractivity contribution is 6.04. The monoisotopic (exact) mass is 351 g/mol. The summed E-state index contributed by atoms with van der Waals surface area (Å²) in [4.78, 5) is 27.9. The van der Waals surface area contributed by atoms with E-state index in [1.165, 1.54) is 5.56 Å². The lowest BCUT2D eigenvalue weighted by Gasteiger charge is -2.35. The van der Waals surface area contributed by atoms with Gasteiger partial charge in [-0.2, -0.15) is 0 Å². The van der Waals surface area contributed by atoms with Gasteiger partial charge in [-0.1, -0.05) is 19.1 Å². The van der Waals surface area contributed by atoms with E-state index in [9.17, 15) is 9.59 Å². The SMILES string of the molecule is CCc1ccc(C(=O)Nc2ccc(N3CCN(C(C)=O)CC3)cc2)cc1. The standard InChI is InChI=1S/C21H25N3O2/c1-3-17-4-6-18(7-5-17)21(26)22-19-8-10-20(11-9-19)24-14-12-23(13-15-24)16(2)25/h4-11H,3,12-15H2,1-2H3,(H,22,26). The normalized spacial score (nSPS) is 14.2. The van der Waals surface area contributed by atoms with Crippen LogP contribution in [0.25, 0.3) is 0 Å². The van der Waals surface area contributed by atoms with Crippen LogP contribution in [-0.4, -0.2) is 42.9 Å². The van der Waals surface area contributed by atoms with Crippen LogP contribution in [0.1, 0.15) is 29.8 Å². The van der Waals surface area contributed by atoms with Crippen molar-refractivity contribution in [2.75, 3.05) is 36.4 Å². The Balaban J connectivity index is 1.59. The van der Waals surface area contributed by atoms with Gasteiger partial charge in [0.1, 0.15) is 0 Å². The maximum absolute atomic E-state index is 12.3. The summed E-state index contributed by atoms with van der Waals surface area (Å²) in [6.45, 7) is 6.87. The van der Waals surface area contributed by atoms with Crippen molar-refractivity contribution in [3.63, 3.8) is 0 Å². The molecule has 0 spiro atoms. The third kappa shape index (κ3) is 4.23. The first kappa shape index (κ1) is 18.0. The number of piperazine rings is 1. The van der Waals surface area contributed by atoms with E-state index < -0.39 is 0 Å². The number of carbonyl (C=O) groups is 2. The Bertz CT molecular complexity index is 761. The average molecular weight is 351 g/mol. The molecule has 1 heterocycles. The Labute approximate surface area is 154 Å². The second-order valence-corrected chi connectivity index (χ2v) is 6.54. The zero-order valence-corrected chi connectivity index (χ0v) is 15.4. The van der Waals surface area contributed by atoms with Crippen molar-refractivity contribution in [1.82, 2.24) is 4.90 Å². The Morgan fingerprint density at radius 1 is 0.923 bits per heavy atom. The summed E-state index contributed by atoms with van der Waals surface area (Å²) < 4.78 is 0. The van der Waals surface area contributed by atoms with Gasteiger partial charge in [-0.15, -0.1) is 0 Å². The summed E-state index contributed by atoms with van der Waals surface area (Å²) >= 11 is 0. The maximum Gasteiger partial charge on any atom is 0.255 e. The van der Waals surface area contributed by atoms with Crippen LogP contribution in [0.15, 0.2) is 48.5 Å². The lowest BCUT2D eigenvalue weighted by molar-refractivity contribution is -0.129. The summed E-state index contributed by atoms with van der Waals surface area (Å²) in [5.74, 6) is 0.0326. The Morgan fingerprint density at radius 2 is 1.54 bits per heavy atom. The summed E-state index contributed by atoms with van der Waals surface area (Å²) in [5.41, 5.74) is 3.77. The molecule has 3 rings (SSSR count). The second-order valence-electron chi connectivity index (χ2n) is 6.54. The molecule has 2 aromatic carbocycles. The summed E-state index contributed by atoms with van der Waals surface area (Å²) in [5, 5.41) is 2.94. The zero-order chi connectivity index (χ0) is 18.5. The number of nitrogens with zero attached hydrogens (tertiary/aromatic N) is 2. The number of rotatable bonds is 4. The van der Waals surface area contributed by atoms with Crippen molar-refractivity contribution < 1.29 is 9.59 Å². The molecule has 0 aromatic heterocycles. The fourth-order valence-electron chi connectivity index (χ4n) is 3.13. The van der Waals surface area contributed by atoms with Gasteiger partial charge in [-0.25, -0.2) is 0 Å². The number of amides is 2. The van der Waals surface area contributed by atoms with Crippen molar-refractivity contribution in [3.05, 3.63) is 59.7 Å². The highest BCUT2D eigenvalue weighted by Gasteiger charge is 2.18. The van der Waals surface area contributed by atoms with Crippen molar-refractivity contribution in [1.29, 1.82) is 0 Å². The molecule has 0 atom stereocenters. The van der Waals surface area contributed by atoms with Crippen LogP contribution >= 0.6 is 0 Å². The average Bonchev–Trinajstić information content (AvgIpc) is 2.68. The van der Waals surface area contributed by atoms with Crippen LogP contribution in [0.4, 0.5) is 11.4 Å². The van der Waals surface area contributed by atoms with E-state index in [2.05, 4.69) is 17.1 Å². The van der Waals surface area contributed by atoms with Crippen LogP contribution in [0.2, 0.25) is 0 Å². The van der Waals surface area contributed by atoms with Crippen LogP contribution < -0.4 is 10.2 Å². The zero-order valence-electron chi connectivity index (χ0n) is 15.4. The number of aryl methyl sites for hydroxylation is 1. The minimum atomic E-state index is -0.101. The first-order chi connectivity index (χ1) is 12.6. The number of hydrogen-bond donors (Lipinski definition) is 1. The van der Waals surface area contributed by atoms with E-state index in [1.54, 1.807) is 6.92 Å². The number of benzene rings is 2. The van der Waals surface area contributed by atoms with E-state index in [1.807, 2.05) is 53.4 Å². The van der Waals surface area contributed by atoms with Crippen LogP contribution in [0.5, 0.6) is 0 Å². The summed E-state index contributed by atoms with van der Waals surface area (Å²) in [7, 11) is 0. The molecule has 136 valence electrons. The van der Waals surface area contributed by atoms with E-state index in [4.69, 9.17) is 0 Å². The Hall–Kier alpha value is -2.82. The van der Waals surface area contributed by atoms with E-state index in [-0.39, 0.29) is 11.8 Å². The molecule has 1 fully saturated rings. The highest BCUT2D eigenvalue weighted by Crippen LogP contribution is 2.20. The number of hydrogen-bond acceptors (Lipinski definition) is 3. The molecular weight excluding hydrogens is 326 g/mol. The molecule has 0 aliphatic carbocycles. The molecule has 0 unspecified atom stereocenters. The summed E-state index contributed by atoms with van der Waals surface area (Å²) in [6, 6.07) is 15.6. The maximum atomic E-state index is 12.3. The lowest BCUT2D eigenvalue weighted by Crippen LogP contribution is -2.48. The molecular formula is C21H25N3O2. The molecule has 2 aromatic rings. The first-order valence-electron chi connectivity index (χ1n) is 9.07. The molecule has 0 bridgehead atoms. The van der Waals surface area contributed by atoms with Crippen molar-refractivity contribution >= 4 is 23.2 Å². The third-order valence-electron chi connectivity index (χ3n) is 4.84. The van der Waals surface area contributed by atoms with Gasteiger partial charge in [0.05, 0.1) is 0 Å². The molecule has 1 saturated heterocycles. The third-order valence-corrected chi connectivity index (χ3v) is 4.84. The Kier molecular flexibility index (Phi) is 5.56. The van der Waals surface area contributed by atoms with Gasteiger partial charge in [0.2, 0.25) is 5.91 Å². The molecule has 26 heavy (non-hydrogen) atoms. The fourth-order valence-corrected chi connectivity index (χ4v) is 3.13. The van der Waals surface area contributed by atoms with Gasteiger partial charge in [-0.05, 0) is 48.4 Å². The van der Waals surface area contributed by atoms with Crippen LogP contribution in [-0.2, 0) is 11.2 Å². The van der Waals surface area contributed by atoms with Crippen molar-refractivity contribution in [3.8, 4) is 0 Å². The van der Waals surface area contributed by atoms with Gasteiger partial charge < -0.3 is 15.1 Å². The Morgan fingerprint density at radius 3 is 2.08 bits per heavy atom. The molecule has 1 aliphatic heterocycles. The molecule has 5 heteroatoms. The van der Waals surface area contributed by atoms with Gasteiger partial charge in [-0.3, -0.25) is 9.59 Å². The topological polar surface area (TPSA) is 52.7 Å². The number of nitrogens with one attached hydrogen (secondary N) is 1. The van der Waals surface area contributed by atoms with Gasteiger partial charge in [0, 0.05) is 50.0 Å². The molecule has 1 aliphatic rings. The second kappa shape index (κ2) is 8.04. The predicted molar refractivity (Wildman–Crippen MR) is 105 cm³/mol. The van der Waals surface area contributed by atoms with E-state index >= 15 is 0 Å². The minimum Gasteiger partial charge on any atom is -0.368 e. The van der Waals surface area contributed by atoms with Gasteiger partial charge in [0.25, 0.3) is 5.91 Å². The van der Waals surface area contributed by atoms with Crippen LogP contribution in [0.3, 0.4) is 0 Å². The molecule has 1 N–H and O–H groups in total. The van der Waals surface area contributed by atoms with Gasteiger partial charge >= 0.3 is 0 Å². The molecule has 5 nitrogen and oxygen atoms in total. The first-order valence-corrected chi connectivity index (χ1v) is 9.07. The quantitative estimate of drug-likeness (QED) is 0.920. The predicted octanol–water partition coefficient (Wildman–Crippen LogP) is 3.17. The minimum absolute atomic E-state index is 0.101. The smallest absolute Gasteiger partial charge is 0.255 e. The molecule has 0 radical (unpaired) electrons. The number of anilines is 2. The van der Waals surface area contributed by atoms with Crippen molar-refractivity contribution in [2.45, 2.75) is 20.3 Å². The van der Waals surface area contributed by atoms with Crippen molar-refractivity contribution in [2.24, 2.45) is 0 Å². The molecule has 2 amide bonds. The van der Waals surface area contributed by atoms with Crippen LogP contribution in [0, 0.1) is 0 Å². The largest absolute Gasteiger partial charge is 0.368 e. The highest BCUT2D eigenvalue weighted by atomic mass is 16.2. The van der Waals surface area contributed by atoms with E-state index in [0.717, 1.165) is 44.0 Å². The number of carbonyl (C=O) groups excluding carboxylic acids is 2.